The summed E-state index contributed by atoms with van der Waals surface area (Å²) in [6, 6.07) is 4.61. The zero-order valence-corrected chi connectivity index (χ0v) is 11.5. The molecule has 1 saturated carbocycles. The Morgan fingerprint density at radius 2 is 1.95 bits per heavy atom. The van der Waals surface area contributed by atoms with E-state index in [1.165, 1.54) is 37.8 Å². The summed E-state index contributed by atoms with van der Waals surface area (Å²) in [5.74, 6) is 1.49. The van der Waals surface area contributed by atoms with Crippen LogP contribution in [0.3, 0.4) is 0 Å². The fraction of sp³-hybridized carbons (Fsp3) is 0.562. The molecule has 2 aliphatic rings. The van der Waals surface area contributed by atoms with Gasteiger partial charge in [-0.3, -0.25) is 4.90 Å². The van der Waals surface area contributed by atoms with Crippen molar-refractivity contribution in [2.45, 2.75) is 32.2 Å². The highest BCUT2D eigenvalue weighted by atomic mass is 19.1. The third-order valence-electron chi connectivity index (χ3n) is 4.93. The fourth-order valence-corrected chi connectivity index (χ4v) is 3.92. The number of benzene rings is 1. The summed E-state index contributed by atoms with van der Waals surface area (Å²) in [6.45, 7) is 3.10. The number of hydrogen-bond donors (Lipinski definition) is 0. The van der Waals surface area contributed by atoms with E-state index in [2.05, 4.69) is 10.1 Å². The molecule has 2 unspecified atom stereocenters. The largest absolute Gasteiger partial charge is 0.356 e. The van der Waals surface area contributed by atoms with Gasteiger partial charge < -0.3 is 4.52 Å². The topological polar surface area (TPSA) is 29.3 Å². The Morgan fingerprint density at radius 3 is 2.70 bits per heavy atom. The highest BCUT2D eigenvalue weighted by Crippen LogP contribution is 2.36. The first kappa shape index (κ1) is 12.3. The summed E-state index contributed by atoms with van der Waals surface area (Å²) in [7, 11) is 0. The van der Waals surface area contributed by atoms with E-state index in [4.69, 9.17) is 4.52 Å². The molecule has 1 saturated heterocycles. The lowest BCUT2D eigenvalue weighted by molar-refractivity contribution is 0.299. The van der Waals surface area contributed by atoms with Crippen molar-refractivity contribution in [3.63, 3.8) is 0 Å². The normalized spacial score (nSPS) is 27.1. The second-order valence-electron chi connectivity index (χ2n) is 6.27. The highest BCUT2D eigenvalue weighted by molar-refractivity contribution is 5.79. The predicted molar refractivity (Wildman–Crippen MR) is 74.7 cm³/mol. The molecule has 1 aromatic heterocycles. The number of nitrogens with zero attached hydrogens (tertiary/aromatic N) is 2. The van der Waals surface area contributed by atoms with Crippen LogP contribution in [0.25, 0.3) is 11.0 Å². The van der Waals surface area contributed by atoms with Gasteiger partial charge in [0.25, 0.3) is 0 Å². The van der Waals surface area contributed by atoms with Crippen molar-refractivity contribution in [2.75, 3.05) is 13.1 Å². The standard InChI is InChI=1S/C16H19FN2O/c17-13-5-6-16-14(7-13)15(18-20-16)10-19-8-11-3-1-2-4-12(11)9-19/h5-7,11-12H,1-4,8-10H2. The van der Waals surface area contributed by atoms with Crippen LogP contribution in [0.5, 0.6) is 0 Å². The van der Waals surface area contributed by atoms with Crippen LogP contribution < -0.4 is 0 Å². The zero-order valence-electron chi connectivity index (χ0n) is 11.5. The average molecular weight is 274 g/mol. The van der Waals surface area contributed by atoms with E-state index in [1.807, 2.05) is 0 Å². The number of halogens is 1. The monoisotopic (exact) mass is 274 g/mol. The SMILES string of the molecule is Fc1ccc2onc(CN3CC4CCCCC4C3)c2c1. The first-order valence-corrected chi connectivity index (χ1v) is 7.56. The minimum Gasteiger partial charge on any atom is -0.356 e. The molecule has 4 heteroatoms. The first-order chi connectivity index (χ1) is 9.79. The van der Waals surface area contributed by atoms with Crippen molar-refractivity contribution in [3.8, 4) is 0 Å². The summed E-state index contributed by atoms with van der Waals surface area (Å²) in [5.41, 5.74) is 1.55. The fourth-order valence-electron chi connectivity index (χ4n) is 3.92. The Balaban J connectivity index is 1.54. The number of likely N-dealkylation sites (tertiary alicyclic amines) is 1. The molecule has 0 N–H and O–H groups in total. The van der Waals surface area contributed by atoms with Crippen molar-refractivity contribution in [1.82, 2.24) is 10.1 Å². The quantitative estimate of drug-likeness (QED) is 0.838. The maximum absolute atomic E-state index is 13.4. The van der Waals surface area contributed by atoms with Gasteiger partial charge in [-0.2, -0.15) is 0 Å². The Kier molecular flexibility index (Phi) is 2.99. The molecule has 2 fully saturated rings. The van der Waals surface area contributed by atoms with E-state index in [9.17, 15) is 4.39 Å². The molecule has 2 aromatic rings. The van der Waals surface area contributed by atoms with Crippen LogP contribution in [0.2, 0.25) is 0 Å². The third kappa shape index (κ3) is 2.12. The molecule has 3 nitrogen and oxygen atoms in total. The van der Waals surface area contributed by atoms with Gasteiger partial charge in [0, 0.05) is 25.0 Å². The van der Waals surface area contributed by atoms with Gasteiger partial charge >= 0.3 is 0 Å². The van der Waals surface area contributed by atoms with Gasteiger partial charge in [0.05, 0.1) is 0 Å². The van der Waals surface area contributed by atoms with Gasteiger partial charge in [0.1, 0.15) is 11.5 Å². The molecule has 0 spiro atoms. The minimum atomic E-state index is -0.225. The van der Waals surface area contributed by atoms with Crippen LogP contribution in [-0.4, -0.2) is 23.1 Å². The maximum atomic E-state index is 13.4. The van der Waals surface area contributed by atoms with E-state index in [0.717, 1.165) is 42.6 Å². The summed E-state index contributed by atoms with van der Waals surface area (Å²) >= 11 is 0. The first-order valence-electron chi connectivity index (χ1n) is 7.56. The van der Waals surface area contributed by atoms with Crippen LogP contribution in [0, 0.1) is 17.7 Å². The summed E-state index contributed by atoms with van der Waals surface area (Å²) < 4.78 is 18.7. The maximum Gasteiger partial charge on any atom is 0.167 e. The van der Waals surface area contributed by atoms with Gasteiger partial charge in [-0.05, 0) is 42.9 Å². The molecule has 4 rings (SSSR count). The van der Waals surface area contributed by atoms with Crippen LogP contribution in [-0.2, 0) is 6.54 Å². The average Bonchev–Trinajstić information content (AvgIpc) is 3.03. The van der Waals surface area contributed by atoms with Crippen LogP contribution >= 0.6 is 0 Å². The van der Waals surface area contributed by atoms with E-state index < -0.39 is 0 Å². The second kappa shape index (κ2) is 4.85. The lowest BCUT2D eigenvalue weighted by Gasteiger charge is -2.23. The molecular formula is C16H19FN2O. The number of fused-ring (bicyclic) bond motifs is 2. The second-order valence-corrected chi connectivity index (χ2v) is 6.27. The van der Waals surface area contributed by atoms with Gasteiger partial charge in [-0.15, -0.1) is 0 Å². The molecule has 2 atom stereocenters. The number of aromatic nitrogens is 1. The van der Waals surface area contributed by atoms with Crippen molar-refractivity contribution < 1.29 is 8.91 Å². The van der Waals surface area contributed by atoms with E-state index in [-0.39, 0.29) is 5.82 Å². The van der Waals surface area contributed by atoms with Crippen molar-refractivity contribution in [1.29, 1.82) is 0 Å². The van der Waals surface area contributed by atoms with Gasteiger partial charge in [-0.25, -0.2) is 4.39 Å². The van der Waals surface area contributed by atoms with Crippen molar-refractivity contribution in [2.24, 2.45) is 11.8 Å². The minimum absolute atomic E-state index is 0.225. The van der Waals surface area contributed by atoms with E-state index >= 15 is 0 Å². The molecule has 106 valence electrons. The molecule has 1 aliphatic heterocycles. The van der Waals surface area contributed by atoms with E-state index in [0.29, 0.717) is 5.58 Å². The molecule has 0 radical (unpaired) electrons. The molecule has 2 heterocycles. The van der Waals surface area contributed by atoms with Crippen molar-refractivity contribution >= 4 is 11.0 Å². The molecule has 20 heavy (non-hydrogen) atoms. The van der Waals surface area contributed by atoms with Gasteiger partial charge in [-0.1, -0.05) is 18.0 Å². The van der Waals surface area contributed by atoms with Crippen LogP contribution in [0.4, 0.5) is 4.39 Å². The lowest BCUT2D eigenvalue weighted by Crippen LogP contribution is -2.20. The Morgan fingerprint density at radius 1 is 1.20 bits per heavy atom. The third-order valence-corrected chi connectivity index (χ3v) is 4.93. The van der Waals surface area contributed by atoms with Crippen LogP contribution in [0.1, 0.15) is 31.4 Å². The lowest BCUT2D eigenvalue weighted by atomic mass is 9.82. The van der Waals surface area contributed by atoms with E-state index in [1.54, 1.807) is 6.07 Å². The zero-order chi connectivity index (χ0) is 13.5. The van der Waals surface area contributed by atoms with Gasteiger partial charge in [0.2, 0.25) is 0 Å². The smallest absolute Gasteiger partial charge is 0.167 e. The molecular weight excluding hydrogens is 255 g/mol. The van der Waals surface area contributed by atoms with Crippen molar-refractivity contribution in [3.05, 3.63) is 29.7 Å². The molecule has 1 aromatic carbocycles. The Hall–Kier alpha value is -1.42. The number of rotatable bonds is 2. The number of hydrogen-bond acceptors (Lipinski definition) is 3. The summed E-state index contributed by atoms with van der Waals surface area (Å²) in [6.07, 6.45) is 5.50. The Labute approximate surface area is 117 Å². The summed E-state index contributed by atoms with van der Waals surface area (Å²) in [4.78, 5) is 2.46. The Bertz CT molecular complexity index is 610. The molecule has 0 amide bonds. The predicted octanol–water partition coefficient (Wildman–Crippen LogP) is 3.59. The van der Waals surface area contributed by atoms with Crippen LogP contribution in [0.15, 0.2) is 22.7 Å². The molecule has 0 bridgehead atoms. The summed E-state index contributed by atoms with van der Waals surface area (Å²) in [5, 5.41) is 4.95. The highest BCUT2D eigenvalue weighted by Gasteiger charge is 2.34. The van der Waals surface area contributed by atoms with Gasteiger partial charge in [0.15, 0.2) is 5.58 Å². The molecule has 1 aliphatic carbocycles.